The largest absolute Gasteiger partial charge is 0.468 e. The lowest BCUT2D eigenvalue weighted by atomic mass is 9.90. The first-order valence-electron chi connectivity index (χ1n) is 5.26. The third-order valence-electron chi connectivity index (χ3n) is 3.72. The maximum Gasteiger partial charge on any atom is 0.328 e. The van der Waals surface area contributed by atoms with E-state index in [-0.39, 0.29) is 11.6 Å². The Morgan fingerprint density at radius 3 is 2.86 bits per heavy atom. The maximum absolute atomic E-state index is 11.8. The molecule has 14 heavy (non-hydrogen) atoms. The van der Waals surface area contributed by atoms with E-state index < -0.39 is 5.54 Å². The Hall–Kier alpha value is -0.610. The first-order valence-corrected chi connectivity index (χ1v) is 5.26. The zero-order valence-electron chi connectivity index (χ0n) is 8.41. The van der Waals surface area contributed by atoms with Gasteiger partial charge >= 0.3 is 5.97 Å². The lowest BCUT2D eigenvalue weighted by molar-refractivity contribution is -0.194. The van der Waals surface area contributed by atoms with Crippen LogP contribution >= 0.6 is 0 Å². The van der Waals surface area contributed by atoms with E-state index in [4.69, 9.17) is 9.57 Å². The van der Waals surface area contributed by atoms with Gasteiger partial charge in [-0.2, -0.15) is 5.06 Å². The summed E-state index contributed by atoms with van der Waals surface area (Å²) in [6, 6.07) is 0. The van der Waals surface area contributed by atoms with Crippen molar-refractivity contribution in [1.82, 2.24) is 5.06 Å². The van der Waals surface area contributed by atoms with Crippen LogP contribution < -0.4 is 0 Å². The van der Waals surface area contributed by atoms with Crippen LogP contribution in [0.15, 0.2) is 0 Å². The average molecular weight is 197 g/mol. The molecular weight excluding hydrogens is 182 g/mol. The van der Waals surface area contributed by atoms with Crippen LogP contribution in [0.1, 0.15) is 32.1 Å². The smallest absolute Gasteiger partial charge is 0.328 e. The van der Waals surface area contributed by atoms with E-state index in [1.165, 1.54) is 7.11 Å². The van der Waals surface area contributed by atoms with Gasteiger partial charge in [-0.3, -0.25) is 4.84 Å². The molecule has 3 fully saturated rings. The van der Waals surface area contributed by atoms with Gasteiger partial charge in [0.1, 0.15) is 5.54 Å². The summed E-state index contributed by atoms with van der Waals surface area (Å²) in [6.07, 6.45) is 4.96. The molecule has 0 N–H and O–H groups in total. The van der Waals surface area contributed by atoms with Crippen LogP contribution in [0.3, 0.4) is 0 Å². The Morgan fingerprint density at radius 1 is 1.43 bits per heavy atom. The molecule has 4 nitrogen and oxygen atoms in total. The lowest BCUT2D eigenvalue weighted by Gasteiger charge is -2.25. The van der Waals surface area contributed by atoms with Gasteiger partial charge in [-0.15, -0.1) is 0 Å². The highest BCUT2D eigenvalue weighted by Gasteiger charge is 2.66. The topological polar surface area (TPSA) is 38.8 Å². The number of nitrogens with zero attached hydrogens (tertiary/aromatic N) is 1. The number of hydroxylamine groups is 2. The van der Waals surface area contributed by atoms with E-state index in [0.717, 1.165) is 38.6 Å². The maximum atomic E-state index is 11.8. The molecule has 1 atom stereocenters. The average Bonchev–Trinajstić information content (AvgIpc) is 2.66. The highest BCUT2D eigenvalue weighted by molar-refractivity contribution is 5.81. The second-order valence-corrected chi connectivity index (χ2v) is 4.68. The summed E-state index contributed by atoms with van der Waals surface area (Å²) in [5, 5.41) is 1.88. The predicted octanol–water partition coefficient (Wildman–Crippen LogP) is 0.862. The van der Waals surface area contributed by atoms with Crippen LogP contribution in [0.2, 0.25) is 0 Å². The Kier molecular flexibility index (Phi) is 1.55. The van der Waals surface area contributed by atoms with Gasteiger partial charge in [0, 0.05) is 13.0 Å². The fraction of sp³-hybridized carbons (Fsp3) is 0.900. The SMILES string of the molecule is COC(=O)C12CCCN1OC1(CC1)C2. The molecule has 0 amide bonds. The quantitative estimate of drug-likeness (QED) is 0.584. The number of ether oxygens (including phenoxy) is 1. The number of rotatable bonds is 1. The van der Waals surface area contributed by atoms with Crippen LogP contribution in [0, 0.1) is 0 Å². The van der Waals surface area contributed by atoms with E-state index in [2.05, 4.69) is 0 Å². The fourth-order valence-corrected chi connectivity index (χ4v) is 2.84. The minimum Gasteiger partial charge on any atom is -0.468 e. The zero-order valence-corrected chi connectivity index (χ0v) is 8.41. The van der Waals surface area contributed by atoms with Gasteiger partial charge < -0.3 is 4.74 Å². The highest BCUT2D eigenvalue weighted by atomic mass is 16.7. The van der Waals surface area contributed by atoms with Crippen molar-refractivity contribution in [2.24, 2.45) is 0 Å². The Labute approximate surface area is 83.1 Å². The normalized spacial score (nSPS) is 38.6. The number of carbonyl (C=O) groups excluding carboxylic acids is 1. The Bertz CT molecular complexity index is 287. The number of hydrogen-bond donors (Lipinski definition) is 0. The third kappa shape index (κ3) is 0.929. The first-order chi connectivity index (χ1) is 6.71. The number of methoxy groups -OCH3 is 1. The van der Waals surface area contributed by atoms with Crippen molar-refractivity contribution in [3.05, 3.63) is 0 Å². The lowest BCUT2D eigenvalue weighted by Crippen LogP contribution is -2.45. The minimum absolute atomic E-state index is 0.00854. The van der Waals surface area contributed by atoms with Gasteiger partial charge in [0.05, 0.1) is 12.7 Å². The molecule has 0 radical (unpaired) electrons. The van der Waals surface area contributed by atoms with Crippen LogP contribution in [0.5, 0.6) is 0 Å². The molecular formula is C10H15NO3. The summed E-state index contributed by atoms with van der Waals surface area (Å²) in [5.74, 6) is -0.112. The number of hydrogen-bond acceptors (Lipinski definition) is 4. The second-order valence-electron chi connectivity index (χ2n) is 4.68. The molecule has 0 bridgehead atoms. The number of carbonyl (C=O) groups is 1. The molecule has 2 saturated heterocycles. The summed E-state index contributed by atoms with van der Waals surface area (Å²) in [4.78, 5) is 17.6. The predicted molar refractivity (Wildman–Crippen MR) is 48.4 cm³/mol. The number of esters is 1. The summed E-state index contributed by atoms with van der Waals surface area (Å²) in [6.45, 7) is 0.872. The summed E-state index contributed by atoms with van der Waals surface area (Å²) >= 11 is 0. The van der Waals surface area contributed by atoms with E-state index in [1.807, 2.05) is 5.06 Å². The second kappa shape index (κ2) is 2.49. The van der Waals surface area contributed by atoms with Gasteiger partial charge in [0.2, 0.25) is 0 Å². The molecule has 2 aliphatic heterocycles. The van der Waals surface area contributed by atoms with Crippen molar-refractivity contribution >= 4 is 5.97 Å². The molecule has 2 heterocycles. The molecule has 3 rings (SSSR count). The van der Waals surface area contributed by atoms with E-state index in [0.29, 0.717) is 0 Å². The van der Waals surface area contributed by atoms with E-state index in [1.54, 1.807) is 0 Å². The molecule has 1 unspecified atom stereocenters. The van der Waals surface area contributed by atoms with Gasteiger partial charge in [0.25, 0.3) is 0 Å². The fourth-order valence-electron chi connectivity index (χ4n) is 2.84. The molecule has 1 spiro atoms. The van der Waals surface area contributed by atoms with Gasteiger partial charge in [-0.25, -0.2) is 4.79 Å². The summed E-state index contributed by atoms with van der Waals surface area (Å²) in [7, 11) is 1.46. The van der Waals surface area contributed by atoms with Crippen molar-refractivity contribution in [2.45, 2.75) is 43.2 Å². The molecule has 0 aromatic heterocycles. The Morgan fingerprint density at radius 2 is 2.21 bits per heavy atom. The molecule has 3 aliphatic rings. The highest BCUT2D eigenvalue weighted by Crippen LogP contribution is 2.56. The standard InChI is InChI=1S/C10H15NO3/c1-13-8(12)10-3-2-6-11(10)14-9(7-10)4-5-9/h2-7H2,1H3. The van der Waals surface area contributed by atoms with Gasteiger partial charge in [0.15, 0.2) is 0 Å². The van der Waals surface area contributed by atoms with Crippen LogP contribution in [0.25, 0.3) is 0 Å². The van der Waals surface area contributed by atoms with Crippen molar-refractivity contribution < 1.29 is 14.4 Å². The van der Waals surface area contributed by atoms with Crippen molar-refractivity contribution in [3.8, 4) is 0 Å². The third-order valence-corrected chi connectivity index (χ3v) is 3.72. The van der Waals surface area contributed by atoms with Crippen molar-refractivity contribution in [3.63, 3.8) is 0 Å². The van der Waals surface area contributed by atoms with E-state index in [9.17, 15) is 4.79 Å². The van der Waals surface area contributed by atoms with Gasteiger partial charge in [-0.05, 0) is 25.7 Å². The van der Waals surface area contributed by atoms with Crippen molar-refractivity contribution in [1.29, 1.82) is 0 Å². The van der Waals surface area contributed by atoms with E-state index >= 15 is 0 Å². The molecule has 0 aromatic rings. The van der Waals surface area contributed by atoms with Crippen LogP contribution in [-0.2, 0) is 14.4 Å². The van der Waals surface area contributed by atoms with Gasteiger partial charge in [-0.1, -0.05) is 0 Å². The zero-order chi connectivity index (χ0) is 9.81. The molecule has 1 aliphatic carbocycles. The minimum atomic E-state index is -0.439. The summed E-state index contributed by atoms with van der Waals surface area (Å²) in [5.41, 5.74) is -0.431. The Balaban J connectivity index is 1.91. The summed E-state index contributed by atoms with van der Waals surface area (Å²) < 4.78 is 4.90. The molecule has 78 valence electrons. The van der Waals surface area contributed by atoms with Crippen LogP contribution in [-0.4, -0.2) is 35.8 Å². The molecule has 0 aromatic carbocycles. The van der Waals surface area contributed by atoms with Crippen molar-refractivity contribution in [2.75, 3.05) is 13.7 Å². The molecule has 1 saturated carbocycles. The number of fused-ring (bicyclic) bond motifs is 1. The van der Waals surface area contributed by atoms with Crippen LogP contribution in [0.4, 0.5) is 0 Å². The monoisotopic (exact) mass is 197 g/mol. The molecule has 4 heteroatoms. The first kappa shape index (κ1) is 8.68.